The lowest BCUT2D eigenvalue weighted by molar-refractivity contribution is -0.113. The van der Waals surface area contributed by atoms with Gasteiger partial charge < -0.3 is 19.9 Å². The molecule has 12 heteroatoms. The van der Waals surface area contributed by atoms with Crippen molar-refractivity contribution in [1.29, 1.82) is 0 Å². The quantitative estimate of drug-likeness (QED) is 0.202. The van der Waals surface area contributed by atoms with E-state index in [0.29, 0.717) is 43.2 Å². The number of allylic oxidation sites excluding steroid dienone is 1. The van der Waals surface area contributed by atoms with Crippen LogP contribution in [0.15, 0.2) is 105 Å². The lowest BCUT2D eigenvalue weighted by Crippen LogP contribution is -2.40. The van der Waals surface area contributed by atoms with Crippen LogP contribution in [-0.2, 0) is 11.4 Å². The van der Waals surface area contributed by atoms with Crippen LogP contribution in [0.4, 0.5) is 5.69 Å². The fourth-order valence-corrected chi connectivity index (χ4v) is 7.26. The van der Waals surface area contributed by atoms with E-state index in [9.17, 15) is 19.5 Å². The Labute approximate surface area is 276 Å². The van der Waals surface area contributed by atoms with E-state index in [2.05, 4.69) is 10.3 Å². The van der Waals surface area contributed by atoms with Crippen LogP contribution in [0.3, 0.4) is 0 Å². The zero-order valence-corrected chi connectivity index (χ0v) is 26.9. The summed E-state index contributed by atoms with van der Waals surface area (Å²) in [6.07, 6.45) is 1.70. The third-order valence-electron chi connectivity index (χ3n) is 7.22. The number of fused-ring (bicyclic) bond motifs is 1. The highest BCUT2D eigenvalue weighted by molar-refractivity contribution is 7.10. The lowest BCUT2D eigenvalue weighted by atomic mass is 10.0. The number of benzene rings is 3. The Kier molecular flexibility index (Phi) is 8.89. The molecule has 0 unspecified atom stereocenters. The number of amides is 1. The fourth-order valence-electron chi connectivity index (χ4n) is 5.11. The van der Waals surface area contributed by atoms with Gasteiger partial charge in [0.1, 0.15) is 12.6 Å². The predicted octanol–water partition coefficient (Wildman–Crippen LogP) is 5.87. The zero-order valence-electron chi connectivity index (χ0n) is 24.5. The highest BCUT2D eigenvalue weighted by Gasteiger charge is 2.33. The molecule has 2 aromatic heterocycles. The predicted molar refractivity (Wildman–Crippen MR) is 179 cm³/mol. The van der Waals surface area contributed by atoms with Gasteiger partial charge in [0.05, 0.1) is 33.5 Å². The first-order valence-corrected chi connectivity index (χ1v) is 16.1. The summed E-state index contributed by atoms with van der Waals surface area (Å²) in [5.41, 5.74) is 2.66. The molecule has 0 radical (unpaired) electrons. The minimum absolute atomic E-state index is 0.0669. The molecule has 0 bridgehead atoms. The number of carboxylic acids is 1. The van der Waals surface area contributed by atoms with Crippen molar-refractivity contribution in [2.75, 3.05) is 12.4 Å². The Bertz CT molecular complexity index is 2170. The average molecular weight is 672 g/mol. The van der Waals surface area contributed by atoms with Crippen molar-refractivity contribution in [3.63, 3.8) is 0 Å². The van der Waals surface area contributed by atoms with Crippen molar-refractivity contribution in [3.8, 4) is 11.5 Å². The summed E-state index contributed by atoms with van der Waals surface area (Å²) >= 11 is 9.31. The van der Waals surface area contributed by atoms with Crippen LogP contribution in [-0.4, -0.2) is 28.7 Å². The number of rotatable bonds is 9. The number of anilines is 1. The molecule has 1 atom stereocenters. The van der Waals surface area contributed by atoms with E-state index >= 15 is 0 Å². The molecule has 1 aliphatic rings. The van der Waals surface area contributed by atoms with Gasteiger partial charge in [0.2, 0.25) is 0 Å². The van der Waals surface area contributed by atoms with Crippen LogP contribution in [0.25, 0.3) is 6.08 Å². The number of nitrogens with one attached hydrogen (secondary N) is 1. The Balaban J connectivity index is 1.35. The van der Waals surface area contributed by atoms with Gasteiger partial charge in [-0.1, -0.05) is 59.3 Å². The van der Waals surface area contributed by atoms with Crippen LogP contribution in [0.5, 0.6) is 11.5 Å². The van der Waals surface area contributed by atoms with Crippen molar-refractivity contribution in [3.05, 3.63) is 142 Å². The van der Waals surface area contributed by atoms with Crippen molar-refractivity contribution in [2.45, 2.75) is 19.6 Å². The van der Waals surface area contributed by atoms with E-state index in [-0.39, 0.29) is 34.4 Å². The number of hydrogen-bond acceptors (Lipinski definition) is 8. The van der Waals surface area contributed by atoms with Gasteiger partial charge in [-0.3, -0.25) is 14.2 Å². The molecular weight excluding hydrogens is 646 g/mol. The van der Waals surface area contributed by atoms with Crippen molar-refractivity contribution >= 4 is 57.9 Å². The van der Waals surface area contributed by atoms with E-state index in [1.807, 2.05) is 35.7 Å². The van der Waals surface area contributed by atoms with Gasteiger partial charge in [-0.05, 0) is 72.0 Å². The van der Waals surface area contributed by atoms with E-state index in [1.165, 1.54) is 41.9 Å². The number of aromatic nitrogens is 1. The largest absolute Gasteiger partial charge is 0.493 e. The fraction of sp³-hybridized carbons (Fsp3) is 0.118. The molecule has 0 saturated heterocycles. The number of thiophene rings is 1. The molecule has 46 heavy (non-hydrogen) atoms. The third-order valence-corrected chi connectivity index (χ3v) is 9.41. The van der Waals surface area contributed by atoms with Gasteiger partial charge in [0, 0.05) is 10.6 Å². The summed E-state index contributed by atoms with van der Waals surface area (Å²) in [5.74, 6) is -0.739. The van der Waals surface area contributed by atoms with E-state index in [1.54, 1.807) is 54.0 Å². The molecule has 2 N–H and O–H groups in total. The number of aromatic carboxylic acids is 1. The number of thiazole rings is 1. The molecule has 5 aromatic rings. The summed E-state index contributed by atoms with van der Waals surface area (Å²) in [7, 11) is 1.48. The van der Waals surface area contributed by atoms with Crippen molar-refractivity contribution in [2.24, 2.45) is 4.99 Å². The minimum atomic E-state index is -1.03. The number of carbonyl (C=O) groups excluding carboxylic acids is 1. The molecule has 1 aliphatic heterocycles. The van der Waals surface area contributed by atoms with Crippen LogP contribution >= 0.6 is 34.3 Å². The number of hydrogen-bond donors (Lipinski definition) is 2. The molecule has 0 aliphatic carbocycles. The first-order chi connectivity index (χ1) is 22.2. The molecule has 0 spiro atoms. The topological polar surface area (TPSA) is 119 Å². The molecule has 6 rings (SSSR count). The number of halogens is 1. The maximum absolute atomic E-state index is 14.0. The molecule has 0 fully saturated rings. The smallest absolute Gasteiger partial charge is 0.335 e. The Morgan fingerprint density at radius 1 is 1.09 bits per heavy atom. The van der Waals surface area contributed by atoms with Gasteiger partial charge in [-0.25, -0.2) is 9.79 Å². The summed E-state index contributed by atoms with van der Waals surface area (Å²) in [6, 6.07) is 22.1. The molecule has 1 amide bonds. The van der Waals surface area contributed by atoms with Gasteiger partial charge in [-0.15, -0.1) is 11.3 Å². The minimum Gasteiger partial charge on any atom is -0.493 e. The van der Waals surface area contributed by atoms with E-state index in [4.69, 9.17) is 21.1 Å². The van der Waals surface area contributed by atoms with Crippen LogP contribution in [0.1, 0.15) is 39.3 Å². The number of carbonyl (C=O) groups is 2. The van der Waals surface area contributed by atoms with Crippen molar-refractivity contribution in [1.82, 2.24) is 4.57 Å². The number of carboxylic acid groups (broad SMARTS) is 1. The van der Waals surface area contributed by atoms with Crippen LogP contribution in [0, 0.1) is 0 Å². The molecular formula is C34H26ClN3O6S2. The van der Waals surface area contributed by atoms with Gasteiger partial charge in [0.15, 0.2) is 16.3 Å². The number of nitrogens with zero attached hydrogens (tertiary/aromatic N) is 2. The SMILES string of the molecule is COc1cc(/C=c2/sc3n(c2=O)[C@H](c2cccs2)C(C(=O)Nc2ccccc2)=C(C)N=3)cc(Cl)c1OCc1cccc(C(=O)O)c1. The molecule has 3 aromatic carbocycles. The van der Waals surface area contributed by atoms with Crippen LogP contribution in [0.2, 0.25) is 5.02 Å². The Morgan fingerprint density at radius 2 is 1.89 bits per heavy atom. The number of ether oxygens (including phenoxy) is 2. The maximum Gasteiger partial charge on any atom is 0.335 e. The van der Waals surface area contributed by atoms with Crippen molar-refractivity contribution < 1.29 is 24.2 Å². The molecule has 9 nitrogen and oxygen atoms in total. The summed E-state index contributed by atoms with van der Waals surface area (Å²) in [6.45, 7) is 1.84. The monoisotopic (exact) mass is 671 g/mol. The Morgan fingerprint density at radius 3 is 2.61 bits per heavy atom. The zero-order chi connectivity index (χ0) is 32.4. The number of para-hydroxylation sites is 1. The summed E-state index contributed by atoms with van der Waals surface area (Å²) in [4.78, 5) is 44.9. The standard InChI is InChI=1S/C34H26ClN3O6S2/c1-19-28(31(39)37-23-10-4-3-5-11-23)29(26-12-7-13-45-26)38-32(40)27(46-34(38)36-19)17-21-15-24(35)30(25(16-21)43-2)44-18-20-8-6-9-22(14-20)33(41)42/h3-17,29H,18H2,1-2H3,(H,37,39)(H,41,42)/b27-17+/t29-/m1/s1. The first kappa shape index (κ1) is 31.0. The summed E-state index contributed by atoms with van der Waals surface area (Å²) in [5, 5.41) is 14.4. The first-order valence-electron chi connectivity index (χ1n) is 14.0. The normalized spacial score (nSPS) is 14.4. The number of methoxy groups -OCH3 is 1. The lowest BCUT2D eigenvalue weighted by Gasteiger charge is -2.24. The van der Waals surface area contributed by atoms with E-state index < -0.39 is 12.0 Å². The second kappa shape index (κ2) is 13.2. The highest BCUT2D eigenvalue weighted by atomic mass is 35.5. The molecule has 3 heterocycles. The second-order valence-electron chi connectivity index (χ2n) is 10.2. The van der Waals surface area contributed by atoms with Gasteiger partial charge >= 0.3 is 5.97 Å². The maximum atomic E-state index is 14.0. The highest BCUT2D eigenvalue weighted by Crippen LogP contribution is 2.37. The Hall–Kier alpha value is -4.97. The van der Waals surface area contributed by atoms with E-state index in [0.717, 1.165) is 4.88 Å². The van der Waals surface area contributed by atoms with Crippen LogP contribution < -0.4 is 29.7 Å². The van der Waals surface area contributed by atoms with Gasteiger partial charge in [0.25, 0.3) is 11.5 Å². The second-order valence-corrected chi connectivity index (χ2v) is 12.6. The van der Waals surface area contributed by atoms with Gasteiger partial charge in [-0.2, -0.15) is 0 Å². The third kappa shape index (κ3) is 6.25. The molecule has 0 saturated carbocycles. The summed E-state index contributed by atoms with van der Waals surface area (Å²) < 4.78 is 13.5. The molecule has 232 valence electrons. The average Bonchev–Trinajstić information content (AvgIpc) is 3.68.